The molecule has 1 aromatic rings. The predicted molar refractivity (Wildman–Crippen MR) is 96.0 cm³/mol. The van der Waals surface area contributed by atoms with Gasteiger partial charge in [0.15, 0.2) is 0 Å². The van der Waals surface area contributed by atoms with Crippen LogP contribution < -0.4 is 10.6 Å². The van der Waals surface area contributed by atoms with Crippen molar-refractivity contribution in [3.63, 3.8) is 0 Å². The molecular formula is C18H25N3O5. The summed E-state index contributed by atoms with van der Waals surface area (Å²) in [4.78, 5) is 36.0. The van der Waals surface area contributed by atoms with Gasteiger partial charge in [-0.1, -0.05) is 19.1 Å². The molecule has 2 rings (SSSR count). The molecule has 26 heavy (non-hydrogen) atoms. The maximum absolute atomic E-state index is 12.0. The third-order valence-corrected chi connectivity index (χ3v) is 4.50. The summed E-state index contributed by atoms with van der Waals surface area (Å²) in [5.41, 5.74) is 1.44. The number of urea groups is 1. The molecule has 0 aliphatic heterocycles. The van der Waals surface area contributed by atoms with Crippen LogP contribution in [0.5, 0.6) is 0 Å². The number of benzene rings is 1. The average molecular weight is 363 g/mol. The normalized spacial score (nSPS) is 18.7. The minimum Gasteiger partial charge on any atom is -0.480 e. The lowest BCUT2D eigenvalue weighted by molar-refractivity contribution is -0.140. The minimum atomic E-state index is -0.836. The van der Waals surface area contributed by atoms with Crippen LogP contribution in [-0.4, -0.2) is 60.3 Å². The Labute approximate surface area is 152 Å². The van der Waals surface area contributed by atoms with Gasteiger partial charge < -0.3 is 20.5 Å². The molecule has 0 bridgehead atoms. The SMILES string of the molecule is CCN(CC(=O)O)C1CC(NC(=O)Nc2ccc(CC(=O)OC)cc2)C1. The second kappa shape index (κ2) is 9.19. The molecule has 1 saturated carbocycles. The average Bonchev–Trinajstić information content (AvgIpc) is 2.57. The molecule has 8 heteroatoms. The Morgan fingerprint density at radius 3 is 2.42 bits per heavy atom. The van der Waals surface area contributed by atoms with Gasteiger partial charge in [-0.2, -0.15) is 0 Å². The van der Waals surface area contributed by atoms with E-state index >= 15 is 0 Å². The monoisotopic (exact) mass is 363 g/mol. The summed E-state index contributed by atoms with van der Waals surface area (Å²) < 4.78 is 4.61. The van der Waals surface area contributed by atoms with Crippen LogP contribution in [0.1, 0.15) is 25.3 Å². The highest BCUT2D eigenvalue weighted by Crippen LogP contribution is 2.25. The number of aliphatic carboxylic acids is 1. The van der Waals surface area contributed by atoms with Gasteiger partial charge in [0.25, 0.3) is 0 Å². The van der Waals surface area contributed by atoms with E-state index in [-0.39, 0.29) is 37.0 Å². The van der Waals surface area contributed by atoms with E-state index in [1.54, 1.807) is 24.3 Å². The lowest BCUT2D eigenvalue weighted by Crippen LogP contribution is -2.55. The van der Waals surface area contributed by atoms with Crippen molar-refractivity contribution in [2.24, 2.45) is 0 Å². The molecule has 0 heterocycles. The van der Waals surface area contributed by atoms with E-state index in [9.17, 15) is 14.4 Å². The molecule has 8 nitrogen and oxygen atoms in total. The highest BCUT2D eigenvalue weighted by atomic mass is 16.5. The lowest BCUT2D eigenvalue weighted by Gasteiger charge is -2.42. The topological polar surface area (TPSA) is 108 Å². The first kappa shape index (κ1) is 19.7. The van der Waals surface area contributed by atoms with Crippen molar-refractivity contribution >= 4 is 23.7 Å². The fraction of sp³-hybridized carbons (Fsp3) is 0.500. The first-order valence-corrected chi connectivity index (χ1v) is 8.60. The number of carboxylic acids is 1. The standard InChI is InChI=1S/C18H25N3O5/c1-3-21(11-16(22)23)15-9-14(10-15)20-18(25)19-13-6-4-12(5-7-13)8-17(24)26-2/h4-7,14-15H,3,8-11H2,1-2H3,(H,22,23)(H2,19,20,25). The van der Waals surface area contributed by atoms with E-state index < -0.39 is 5.97 Å². The summed E-state index contributed by atoms with van der Waals surface area (Å²) in [5.74, 6) is -1.15. The number of ether oxygens (including phenoxy) is 1. The molecule has 1 aromatic carbocycles. The molecule has 0 saturated heterocycles. The minimum absolute atomic E-state index is 0.0258. The van der Waals surface area contributed by atoms with Gasteiger partial charge >= 0.3 is 18.0 Å². The van der Waals surface area contributed by atoms with Crippen LogP contribution in [0, 0.1) is 0 Å². The molecule has 0 atom stereocenters. The van der Waals surface area contributed by atoms with E-state index in [0.717, 1.165) is 18.4 Å². The van der Waals surface area contributed by atoms with Crippen molar-refractivity contribution in [1.29, 1.82) is 0 Å². The van der Waals surface area contributed by atoms with Crippen molar-refractivity contribution in [3.8, 4) is 0 Å². The Kier molecular flexibility index (Phi) is 6.97. The van der Waals surface area contributed by atoms with E-state index in [1.165, 1.54) is 7.11 Å². The first-order valence-electron chi connectivity index (χ1n) is 8.60. The number of methoxy groups -OCH3 is 1. The number of anilines is 1. The molecule has 1 fully saturated rings. The second-order valence-electron chi connectivity index (χ2n) is 6.33. The zero-order chi connectivity index (χ0) is 19.1. The zero-order valence-corrected chi connectivity index (χ0v) is 15.0. The maximum Gasteiger partial charge on any atom is 0.319 e. The van der Waals surface area contributed by atoms with Gasteiger partial charge in [-0.25, -0.2) is 4.79 Å². The van der Waals surface area contributed by atoms with Crippen molar-refractivity contribution in [2.45, 2.75) is 38.3 Å². The molecule has 1 aliphatic carbocycles. The van der Waals surface area contributed by atoms with Crippen molar-refractivity contribution in [2.75, 3.05) is 25.5 Å². The number of likely N-dealkylation sites (N-methyl/N-ethyl adjacent to an activating group) is 1. The molecule has 0 spiro atoms. The second-order valence-corrected chi connectivity index (χ2v) is 6.33. The Hall–Kier alpha value is -2.61. The summed E-state index contributed by atoms with van der Waals surface area (Å²) in [6.07, 6.45) is 1.68. The Balaban J connectivity index is 1.74. The van der Waals surface area contributed by atoms with Crippen molar-refractivity contribution in [3.05, 3.63) is 29.8 Å². The first-order chi connectivity index (χ1) is 12.4. The number of carboxylic acid groups (broad SMARTS) is 1. The maximum atomic E-state index is 12.0. The van der Waals surface area contributed by atoms with Crippen LogP contribution in [0.4, 0.5) is 10.5 Å². The van der Waals surface area contributed by atoms with E-state index in [2.05, 4.69) is 15.4 Å². The van der Waals surface area contributed by atoms with Gasteiger partial charge in [0.05, 0.1) is 20.1 Å². The third kappa shape index (κ3) is 5.73. The number of nitrogens with one attached hydrogen (secondary N) is 2. The van der Waals surface area contributed by atoms with Crippen LogP contribution in [0.25, 0.3) is 0 Å². The molecule has 0 radical (unpaired) electrons. The van der Waals surface area contributed by atoms with E-state index in [0.29, 0.717) is 12.2 Å². The summed E-state index contributed by atoms with van der Waals surface area (Å²) >= 11 is 0. The number of hydrogen-bond acceptors (Lipinski definition) is 5. The molecule has 2 amide bonds. The lowest BCUT2D eigenvalue weighted by atomic mass is 9.85. The van der Waals surface area contributed by atoms with Crippen LogP contribution in [0.15, 0.2) is 24.3 Å². The zero-order valence-electron chi connectivity index (χ0n) is 15.0. The number of carbonyl (C=O) groups is 3. The van der Waals surface area contributed by atoms with Gasteiger partial charge in [0.2, 0.25) is 0 Å². The smallest absolute Gasteiger partial charge is 0.319 e. The largest absolute Gasteiger partial charge is 0.480 e. The van der Waals surface area contributed by atoms with Crippen LogP contribution in [-0.2, 0) is 20.7 Å². The molecule has 142 valence electrons. The highest BCUT2D eigenvalue weighted by Gasteiger charge is 2.34. The summed E-state index contributed by atoms with van der Waals surface area (Å²) in [6, 6.07) is 6.92. The number of carbonyl (C=O) groups excluding carboxylic acids is 2. The fourth-order valence-electron chi connectivity index (χ4n) is 2.97. The summed E-state index contributed by atoms with van der Waals surface area (Å²) in [7, 11) is 1.34. The van der Waals surface area contributed by atoms with Crippen molar-refractivity contribution < 1.29 is 24.2 Å². The number of hydrogen-bond donors (Lipinski definition) is 3. The molecular weight excluding hydrogens is 338 g/mol. The highest BCUT2D eigenvalue weighted by molar-refractivity contribution is 5.89. The third-order valence-electron chi connectivity index (χ3n) is 4.50. The van der Waals surface area contributed by atoms with Gasteiger partial charge in [0.1, 0.15) is 0 Å². The molecule has 3 N–H and O–H groups in total. The van der Waals surface area contributed by atoms with E-state index in [1.807, 2.05) is 11.8 Å². The van der Waals surface area contributed by atoms with Gasteiger partial charge in [-0.3, -0.25) is 14.5 Å². The summed E-state index contributed by atoms with van der Waals surface area (Å²) in [5, 5.41) is 14.5. The number of nitrogens with zero attached hydrogens (tertiary/aromatic N) is 1. The van der Waals surface area contributed by atoms with Crippen LogP contribution >= 0.6 is 0 Å². The number of rotatable bonds is 8. The number of amides is 2. The Morgan fingerprint density at radius 2 is 1.88 bits per heavy atom. The molecule has 1 aliphatic rings. The predicted octanol–water partition coefficient (Wildman–Crippen LogP) is 1.46. The Bertz CT molecular complexity index is 641. The van der Waals surface area contributed by atoms with Crippen LogP contribution in [0.2, 0.25) is 0 Å². The molecule has 0 unspecified atom stereocenters. The van der Waals surface area contributed by atoms with Gasteiger partial charge in [-0.05, 0) is 37.1 Å². The van der Waals surface area contributed by atoms with Gasteiger partial charge in [-0.15, -0.1) is 0 Å². The number of esters is 1. The Morgan fingerprint density at radius 1 is 1.23 bits per heavy atom. The molecule has 0 aromatic heterocycles. The van der Waals surface area contributed by atoms with Crippen molar-refractivity contribution in [1.82, 2.24) is 10.2 Å². The van der Waals surface area contributed by atoms with Crippen LogP contribution in [0.3, 0.4) is 0 Å². The fourth-order valence-corrected chi connectivity index (χ4v) is 2.97. The van der Waals surface area contributed by atoms with E-state index in [4.69, 9.17) is 5.11 Å². The quantitative estimate of drug-likeness (QED) is 0.604. The van der Waals surface area contributed by atoms with Gasteiger partial charge in [0, 0.05) is 17.8 Å². The summed E-state index contributed by atoms with van der Waals surface area (Å²) in [6.45, 7) is 2.63.